The van der Waals surface area contributed by atoms with Crippen molar-refractivity contribution in [2.24, 2.45) is 5.92 Å². The average Bonchev–Trinajstić information content (AvgIpc) is 2.25. The van der Waals surface area contributed by atoms with Crippen LogP contribution in [0.3, 0.4) is 0 Å². The molecule has 1 saturated heterocycles. The van der Waals surface area contributed by atoms with Gasteiger partial charge in [0.05, 0.1) is 0 Å². The van der Waals surface area contributed by atoms with Gasteiger partial charge in [0.15, 0.2) is 0 Å². The Labute approximate surface area is 128 Å². The predicted molar refractivity (Wildman–Crippen MR) is 81.0 cm³/mol. The van der Waals surface area contributed by atoms with Crippen molar-refractivity contribution in [3.8, 4) is 0 Å². The normalized spacial score (nSPS) is 18.5. The molecule has 0 aliphatic carbocycles. The fourth-order valence-corrected chi connectivity index (χ4v) is 2.24. The third-order valence-electron chi connectivity index (χ3n) is 3.41. The van der Waals surface area contributed by atoms with Gasteiger partial charge in [0, 0.05) is 32.4 Å². The van der Waals surface area contributed by atoms with E-state index < -0.39 is 11.2 Å². The minimum Gasteiger partial charge on any atom is -0.459 e. The number of nitrogens with zero attached hydrogens (tertiary/aromatic N) is 1. The molecule has 0 unspecified atom stereocenters. The van der Waals surface area contributed by atoms with Crippen LogP contribution in [0.15, 0.2) is 0 Å². The topological polar surface area (TPSA) is 55.8 Å². The first kappa shape index (κ1) is 17.8. The minimum atomic E-state index is -0.485. The lowest BCUT2D eigenvalue weighted by Crippen LogP contribution is -2.48. The summed E-state index contributed by atoms with van der Waals surface area (Å²) in [5.41, 5.74) is -0.952. The fraction of sp³-hybridized carbons (Fsp3) is 0.875. The lowest BCUT2D eigenvalue weighted by atomic mass is 9.93. The average molecular weight is 299 g/mol. The lowest BCUT2D eigenvalue weighted by molar-refractivity contribution is -0.163. The summed E-state index contributed by atoms with van der Waals surface area (Å²) in [6, 6.07) is 0. The van der Waals surface area contributed by atoms with Crippen molar-refractivity contribution in [3.05, 3.63) is 0 Å². The number of esters is 1. The van der Waals surface area contributed by atoms with E-state index >= 15 is 0 Å². The fourth-order valence-electron chi connectivity index (χ4n) is 2.24. The molecule has 1 fully saturated rings. The van der Waals surface area contributed by atoms with Gasteiger partial charge in [0.25, 0.3) is 0 Å². The van der Waals surface area contributed by atoms with Crippen molar-refractivity contribution in [1.82, 2.24) is 4.90 Å². The molecular weight excluding hydrogens is 270 g/mol. The molecule has 1 amide bonds. The second-order valence-corrected chi connectivity index (χ2v) is 7.49. The maximum atomic E-state index is 12.0. The van der Waals surface area contributed by atoms with Gasteiger partial charge < -0.3 is 14.4 Å². The van der Waals surface area contributed by atoms with Gasteiger partial charge in [-0.05, 0) is 33.6 Å². The molecule has 0 spiro atoms. The van der Waals surface area contributed by atoms with Gasteiger partial charge in [-0.1, -0.05) is 13.8 Å². The van der Waals surface area contributed by atoms with Crippen molar-refractivity contribution in [1.29, 1.82) is 0 Å². The van der Waals surface area contributed by atoms with E-state index in [9.17, 15) is 9.59 Å². The van der Waals surface area contributed by atoms with E-state index in [1.165, 1.54) is 0 Å². The number of amides is 1. The Balaban J connectivity index is 2.47. The number of hydrogen-bond donors (Lipinski definition) is 0. The van der Waals surface area contributed by atoms with Crippen LogP contribution in [0.1, 0.15) is 60.8 Å². The smallest absolute Gasteiger partial charge is 0.410 e. The summed E-state index contributed by atoms with van der Waals surface area (Å²) in [5, 5.41) is 0. The summed E-state index contributed by atoms with van der Waals surface area (Å²) in [6.45, 7) is 12.6. The largest absolute Gasteiger partial charge is 0.459 e. The molecule has 0 aromatic carbocycles. The molecule has 0 radical (unpaired) electrons. The highest BCUT2D eigenvalue weighted by atomic mass is 16.6. The van der Waals surface area contributed by atoms with E-state index in [2.05, 4.69) is 0 Å². The molecule has 122 valence electrons. The van der Waals surface area contributed by atoms with E-state index in [0.29, 0.717) is 38.3 Å². The summed E-state index contributed by atoms with van der Waals surface area (Å²) in [7, 11) is 0. The summed E-state index contributed by atoms with van der Waals surface area (Å²) < 4.78 is 11.0. The molecular formula is C16H29NO4. The molecule has 1 heterocycles. The first-order valence-electron chi connectivity index (χ1n) is 7.70. The second kappa shape index (κ2) is 6.67. The number of ether oxygens (including phenoxy) is 2. The van der Waals surface area contributed by atoms with Crippen LogP contribution >= 0.6 is 0 Å². The van der Waals surface area contributed by atoms with Gasteiger partial charge in [-0.2, -0.15) is 0 Å². The Morgan fingerprint density at radius 1 is 1.19 bits per heavy atom. The number of rotatable bonds is 3. The van der Waals surface area contributed by atoms with Gasteiger partial charge >= 0.3 is 12.1 Å². The predicted octanol–water partition coefficient (Wildman–Crippen LogP) is 3.37. The Morgan fingerprint density at radius 2 is 1.71 bits per heavy atom. The molecule has 0 bridgehead atoms. The van der Waals surface area contributed by atoms with E-state index in [-0.39, 0.29) is 12.1 Å². The molecule has 1 aliphatic rings. The van der Waals surface area contributed by atoms with Crippen LogP contribution in [0.4, 0.5) is 4.79 Å². The van der Waals surface area contributed by atoms with Crippen LogP contribution in [0.5, 0.6) is 0 Å². The maximum Gasteiger partial charge on any atom is 0.410 e. The first-order valence-corrected chi connectivity index (χ1v) is 7.70. The van der Waals surface area contributed by atoms with Gasteiger partial charge in [0.1, 0.15) is 11.2 Å². The van der Waals surface area contributed by atoms with E-state index in [4.69, 9.17) is 9.47 Å². The molecule has 1 rings (SSSR count). The van der Waals surface area contributed by atoms with Gasteiger partial charge in [-0.25, -0.2) is 4.79 Å². The summed E-state index contributed by atoms with van der Waals surface area (Å²) in [5.74, 6) is 0.140. The summed E-state index contributed by atoms with van der Waals surface area (Å²) >= 11 is 0. The third kappa shape index (κ3) is 6.36. The molecule has 0 saturated carbocycles. The van der Waals surface area contributed by atoms with Gasteiger partial charge in [-0.3, -0.25) is 4.79 Å². The van der Waals surface area contributed by atoms with E-state index in [1.807, 2.05) is 41.5 Å². The minimum absolute atomic E-state index is 0.154. The van der Waals surface area contributed by atoms with Crippen LogP contribution in [0.2, 0.25) is 0 Å². The molecule has 21 heavy (non-hydrogen) atoms. The monoisotopic (exact) mass is 299 g/mol. The van der Waals surface area contributed by atoms with Gasteiger partial charge in [0.2, 0.25) is 0 Å². The lowest BCUT2D eigenvalue weighted by Gasteiger charge is -2.39. The van der Waals surface area contributed by atoms with E-state index in [0.717, 1.165) is 0 Å². The quantitative estimate of drug-likeness (QED) is 0.750. The molecule has 5 nitrogen and oxygen atoms in total. The number of hydrogen-bond acceptors (Lipinski definition) is 4. The molecule has 5 heteroatoms. The van der Waals surface area contributed by atoms with Crippen molar-refractivity contribution >= 4 is 12.1 Å². The van der Waals surface area contributed by atoms with Crippen molar-refractivity contribution in [2.75, 3.05) is 13.1 Å². The number of carbonyl (C=O) groups excluding carboxylic acids is 2. The summed E-state index contributed by atoms with van der Waals surface area (Å²) in [4.78, 5) is 25.5. The Kier molecular flexibility index (Phi) is 5.65. The second-order valence-electron chi connectivity index (χ2n) is 7.49. The molecule has 1 aliphatic heterocycles. The highest BCUT2D eigenvalue weighted by Crippen LogP contribution is 2.27. The molecule has 0 aromatic heterocycles. The highest BCUT2D eigenvalue weighted by molar-refractivity contribution is 5.70. The Bertz CT molecular complexity index is 376. The highest BCUT2D eigenvalue weighted by Gasteiger charge is 2.36. The van der Waals surface area contributed by atoms with Gasteiger partial charge in [-0.15, -0.1) is 0 Å². The molecule has 0 atom stereocenters. The van der Waals surface area contributed by atoms with Crippen molar-refractivity contribution in [2.45, 2.75) is 72.0 Å². The third-order valence-corrected chi connectivity index (χ3v) is 3.41. The zero-order valence-corrected chi connectivity index (χ0v) is 14.2. The molecule has 0 N–H and O–H groups in total. The van der Waals surface area contributed by atoms with Crippen LogP contribution in [0.25, 0.3) is 0 Å². The van der Waals surface area contributed by atoms with Crippen LogP contribution in [-0.2, 0) is 14.3 Å². The zero-order chi connectivity index (χ0) is 16.3. The van der Waals surface area contributed by atoms with Crippen LogP contribution < -0.4 is 0 Å². The summed E-state index contributed by atoms with van der Waals surface area (Å²) in [6.07, 6.45) is 1.44. The van der Waals surface area contributed by atoms with Crippen LogP contribution in [-0.4, -0.2) is 41.3 Å². The van der Waals surface area contributed by atoms with Crippen molar-refractivity contribution in [3.63, 3.8) is 0 Å². The number of piperidine rings is 1. The Hall–Kier alpha value is -1.26. The van der Waals surface area contributed by atoms with Crippen molar-refractivity contribution < 1.29 is 19.1 Å². The first-order chi connectivity index (χ1) is 9.51. The molecule has 0 aromatic rings. The van der Waals surface area contributed by atoms with Crippen LogP contribution in [0, 0.1) is 5.92 Å². The zero-order valence-electron chi connectivity index (χ0n) is 14.2. The Morgan fingerprint density at radius 3 is 2.14 bits per heavy atom. The van der Waals surface area contributed by atoms with E-state index in [1.54, 1.807) is 4.90 Å². The SMILES string of the molecule is CC(C)CC(=O)OC1(C)CCN(C(=O)OC(C)(C)C)CC1. The maximum absolute atomic E-state index is 12.0. The standard InChI is InChI=1S/C16H29NO4/c1-12(2)11-13(18)20-16(6)7-9-17(10-8-16)14(19)21-15(3,4)5/h12H,7-11H2,1-6H3. The number of carbonyl (C=O) groups is 2. The number of likely N-dealkylation sites (tertiary alicyclic amines) is 1.